The zero-order chi connectivity index (χ0) is 16.8. The second kappa shape index (κ2) is 5.58. The highest BCUT2D eigenvalue weighted by Crippen LogP contribution is 2.31. The van der Waals surface area contributed by atoms with Crippen LogP contribution >= 0.6 is 0 Å². The van der Waals surface area contributed by atoms with Crippen LogP contribution in [0.1, 0.15) is 35.3 Å². The Morgan fingerprint density at radius 3 is 2.88 bits per heavy atom. The molecule has 6 nitrogen and oxygen atoms in total. The van der Waals surface area contributed by atoms with Crippen LogP contribution in [0.4, 0.5) is 0 Å². The Hall–Kier alpha value is -2.89. The van der Waals surface area contributed by atoms with E-state index in [9.17, 15) is 4.79 Å². The van der Waals surface area contributed by atoms with E-state index in [1.807, 2.05) is 24.3 Å². The van der Waals surface area contributed by atoms with Crippen molar-refractivity contribution in [3.8, 4) is 17.1 Å². The van der Waals surface area contributed by atoms with Crippen molar-refractivity contribution in [3.05, 3.63) is 41.7 Å². The van der Waals surface area contributed by atoms with Gasteiger partial charge in [-0.2, -0.15) is 0 Å². The lowest BCUT2D eigenvalue weighted by Crippen LogP contribution is -2.31. The van der Waals surface area contributed by atoms with E-state index >= 15 is 0 Å². The zero-order valence-electron chi connectivity index (χ0n) is 13.7. The molecule has 1 amide bonds. The lowest BCUT2D eigenvalue weighted by Gasteiger charge is -2.25. The van der Waals surface area contributed by atoms with Crippen molar-refractivity contribution in [2.24, 2.45) is 0 Å². The molecule has 1 saturated carbocycles. The van der Waals surface area contributed by atoms with Gasteiger partial charge in [0.15, 0.2) is 0 Å². The predicted octanol–water partition coefficient (Wildman–Crippen LogP) is 2.84. The maximum Gasteiger partial charge on any atom is 0.253 e. The van der Waals surface area contributed by atoms with Gasteiger partial charge in [0.2, 0.25) is 5.88 Å². The van der Waals surface area contributed by atoms with Gasteiger partial charge in [-0.15, -0.1) is 0 Å². The second-order valence-corrected chi connectivity index (χ2v) is 6.63. The number of ether oxygens (including phenoxy) is 1. The monoisotopic (exact) mass is 334 g/mol. The van der Waals surface area contributed by atoms with Crippen molar-refractivity contribution in [3.63, 3.8) is 0 Å². The summed E-state index contributed by atoms with van der Waals surface area (Å²) in [5.41, 5.74) is 5.13. The summed E-state index contributed by atoms with van der Waals surface area (Å²) >= 11 is 0. The van der Waals surface area contributed by atoms with E-state index in [1.54, 1.807) is 6.20 Å². The number of fused-ring (bicyclic) bond motifs is 2. The minimum absolute atomic E-state index is 0.0240. The van der Waals surface area contributed by atoms with Crippen LogP contribution in [-0.2, 0) is 6.42 Å². The fourth-order valence-corrected chi connectivity index (χ4v) is 3.39. The van der Waals surface area contributed by atoms with Crippen LogP contribution in [0.3, 0.4) is 0 Å². The van der Waals surface area contributed by atoms with Gasteiger partial charge in [0.25, 0.3) is 5.91 Å². The Labute approximate surface area is 144 Å². The topological polar surface area (TPSA) is 79.9 Å². The quantitative estimate of drug-likeness (QED) is 0.772. The van der Waals surface area contributed by atoms with Crippen molar-refractivity contribution in [1.82, 2.24) is 20.3 Å². The van der Waals surface area contributed by atoms with E-state index in [2.05, 4.69) is 15.3 Å². The predicted molar refractivity (Wildman–Crippen MR) is 93.6 cm³/mol. The number of hydrogen-bond acceptors (Lipinski definition) is 4. The molecular weight excluding hydrogens is 316 g/mol. The van der Waals surface area contributed by atoms with E-state index in [0.717, 1.165) is 47.2 Å². The highest BCUT2D eigenvalue weighted by Gasteiger charge is 2.22. The standard InChI is InChI=1S/C19H18N4O2/c24-19-13-10-16(22-14(13)7-9-21-19)12-6-8-20-15-4-5-17(23-18(12)15)25-11-2-1-3-11/h4-6,8,10-11,22H,1-3,7,9H2,(H,21,24). The molecule has 25 heavy (non-hydrogen) atoms. The number of nitrogens with one attached hydrogen (secondary N) is 2. The molecule has 0 atom stereocenters. The highest BCUT2D eigenvalue weighted by atomic mass is 16.5. The van der Waals surface area contributed by atoms with E-state index in [0.29, 0.717) is 18.0 Å². The summed E-state index contributed by atoms with van der Waals surface area (Å²) in [6, 6.07) is 7.65. The minimum Gasteiger partial charge on any atom is -0.474 e. The minimum atomic E-state index is -0.0240. The molecule has 0 radical (unpaired) electrons. The van der Waals surface area contributed by atoms with E-state index in [4.69, 9.17) is 9.72 Å². The number of carbonyl (C=O) groups is 1. The maximum absolute atomic E-state index is 12.0. The molecule has 4 heterocycles. The molecule has 2 N–H and O–H groups in total. The van der Waals surface area contributed by atoms with Gasteiger partial charge in [-0.05, 0) is 37.5 Å². The first-order valence-corrected chi connectivity index (χ1v) is 8.71. The molecule has 2 aliphatic rings. The van der Waals surface area contributed by atoms with E-state index < -0.39 is 0 Å². The van der Waals surface area contributed by atoms with E-state index in [-0.39, 0.29) is 12.0 Å². The Balaban J connectivity index is 1.60. The fraction of sp³-hybridized carbons (Fsp3) is 0.316. The van der Waals surface area contributed by atoms with Crippen molar-refractivity contribution >= 4 is 16.9 Å². The largest absolute Gasteiger partial charge is 0.474 e. The normalized spacial score (nSPS) is 17.0. The molecule has 0 unspecified atom stereocenters. The first-order valence-electron chi connectivity index (χ1n) is 8.71. The highest BCUT2D eigenvalue weighted by molar-refractivity contribution is 5.99. The summed E-state index contributed by atoms with van der Waals surface area (Å²) in [7, 11) is 0. The Morgan fingerprint density at radius 2 is 2.08 bits per heavy atom. The number of H-pyrrole nitrogens is 1. The molecule has 1 fully saturated rings. The summed E-state index contributed by atoms with van der Waals surface area (Å²) < 4.78 is 5.93. The lowest BCUT2D eigenvalue weighted by atomic mass is 9.96. The number of nitrogens with zero attached hydrogens (tertiary/aromatic N) is 2. The van der Waals surface area contributed by atoms with E-state index in [1.165, 1.54) is 6.42 Å². The van der Waals surface area contributed by atoms with Gasteiger partial charge in [0.1, 0.15) is 11.6 Å². The summed E-state index contributed by atoms with van der Waals surface area (Å²) in [4.78, 5) is 24.5. The molecule has 0 spiro atoms. The van der Waals surface area contributed by atoms with Crippen LogP contribution in [0.25, 0.3) is 22.3 Å². The van der Waals surface area contributed by atoms with Gasteiger partial charge in [-0.25, -0.2) is 4.98 Å². The molecule has 3 aromatic heterocycles. The van der Waals surface area contributed by atoms with Crippen LogP contribution in [-0.4, -0.2) is 33.5 Å². The SMILES string of the molecule is O=C1NCCc2[nH]c(-c3ccnc4ccc(OC5CCC5)nc34)cc21. The zero-order valence-corrected chi connectivity index (χ0v) is 13.7. The molecule has 1 aliphatic carbocycles. The molecule has 6 heteroatoms. The third kappa shape index (κ3) is 2.45. The van der Waals surface area contributed by atoms with Crippen molar-refractivity contribution in [2.45, 2.75) is 31.8 Å². The van der Waals surface area contributed by atoms with Crippen LogP contribution in [0, 0.1) is 0 Å². The van der Waals surface area contributed by atoms with Crippen molar-refractivity contribution in [2.75, 3.05) is 6.54 Å². The van der Waals surface area contributed by atoms with Crippen LogP contribution in [0.15, 0.2) is 30.5 Å². The molecule has 0 aromatic carbocycles. The Kier molecular flexibility index (Phi) is 3.23. The van der Waals surface area contributed by atoms with Gasteiger partial charge < -0.3 is 15.0 Å². The van der Waals surface area contributed by atoms with Gasteiger partial charge in [-0.1, -0.05) is 0 Å². The third-order valence-electron chi connectivity index (χ3n) is 4.99. The number of hydrogen-bond donors (Lipinski definition) is 2. The summed E-state index contributed by atoms with van der Waals surface area (Å²) in [5, 5.41) is 2.88. The number of pyridine rings is 2. The summed E-state index contributed by atoms with van der Waals surface area (Å²) in [6.45, 7) is 0.667. The molecule has 5 rings (SSSR count). The average Bonchev–Trinajstić information content (AvgIpc) is 3.03. The lowest BCUT2D eigenvalue weighted by molar-refractivity contribution is 0.0946. The van der Waals surface area contributed by atoms with Crippen molar-refractivity contribution < 1.29 is 9.53 Å². The maximum atomic E-state index is 12.0. The van der Waals surface area contributed by atoms with Crippen LogP contribution in [0.2, 0.25) is 0 Å². The van der Waals surface area contributed by atoms with Gasteiger partial charge >= 0.3 is 0 Å². The first-order chi connectivity index (χ1) is 12.3. The van der Waals surface area contributed by atoms with Gasteiger partial charge in [0, 0.05) is 42.2 Å². The Bertz CT molecular complexity index is 975. The molecule has 0 saturated heterocycles. The average molecular weight is 334 g/mol. The number of rotatable bonds is 3. The first kappa shape index (κ1) is 14.5. The van der Waals surface area contributed by atoms with Gasteiger partial charge in [0.05, 0.1) is 11.1 Å². The molecule has 3 aromatic rings. The smallest absolute Gasteiger partial charge is 0.253 e. The number of carbonyl (C=O) groups excluding carboxylic acids is 1. The second-order valence-electron chi connectivity index (χ2n) is 6.63. The summed E-state index contributed by atoms with van der Waals surface area (Å²) in [5.74, 6) is 0.615. The molecular formula is C19H18N4O2. The van der Waals surface area contributed by atoms with Crippen LogP contribution < -0.4 is 10.1 Å². The molecule has 126 valence electrons. The molecule has 0 bridgehead atoms. The number of amides is 1. The molecule has 1 aliphatic heterocycles. The number of aromatic amines is 1. The Morgan fingerprint density at radius 1 is 1.16 bits per heavy atom. The third-order valence-corrected chi connectivity index (χ3v) is 4.99. The summed E-state index contributed by atoms with van der Waals surface area (Å²) in [6.07, 6.45) is 6.28. The van der Waals surface area contributed by atoms with Crippen LogP contribution in [0.5, 0.6) is 5.88 Å². The number of aromatic nitrogens is 3. The van der Waals surface area contributed by atoms with Gasteiger partial charge in [-0.3, -0.25) is 9.78 Å². The fourth-order valence-electron chi connectivity index (χ4n) is 3.39. The van der Waals surface area contributed by atoms with Crippen molar-refractivity contribution in [1.29, 1.82) is 0 Å².